The predicted molar refractivity (Wildman–Crippen MR) is 118 cm³/mol. The molecule has 5 rings (SSSR count). The van der Waals surface area contributed by atoms with Crippen molar-refractivity contribution in [2.24, 2.45) is 0 Å². The standard InChI is InChI=1S/C23H22F2N6S/c1-15(19(11-31-14-27-13-28-31)18-5-4-17(24)9-20(18)25)30-8-6-21-22(12-30)32-23(29-21)16-3-2-7-26-10-16/h2-5,7,9-10,13-15,19H,6,8,11-12H2,1H3. The average Bonchev–Trinajstić information content (AvgIpc) is 3.47. The largest absolute Gasteiger partial charge is 0.294 e. The van der Waals surface area contributed by atoms with Gasteiger partial charge in [-0.3, -0.25) is 14.6 Å². The normalized spacial score (nSPS) is 16.0. The third-order valence-electron chi connectivity index (χ3n) is 6.04. The van der Waals surface area contributed by atoms with E-state index in [0.29, 0.717) is 12.1 Å². The van der Waals surface area contributed by atoms with Crippen LogP contribution in [0.15, 0.2) is 55.4 Å². The maximum atomic E-state index is 14.8. The lowest BCUT2D eigenvalue weighted by Gasteiger charge is -2.37. The van der Waals surface area contributed by atoms with E-state index in [1.165, 1.54) is 17.3 Å². The third-order valence-corrected chi connectivity index (χ3v) is 7.17. The highest BCUT2D eigenvalue weighted by molar-refractivity contribution is 7.15. The maximum absolute atomic E-state index is 14.8. The van der Waals surface area contributed by atoms with Crippen LogP contribution in [-0.2, 0) is 19.5 Å². The lowest BCUT2D eigenvalue weighted by Crippen LogP contribution is -2.42. The van der Waals surface area contributed by atoms with Crippen molar-refractivity contribution in [3.8, 4) is 10.6 Å². The van der Waals surface area contributed by atoms with Crippen LogP contribution >= 0.6 is 11.3 Å². The molecule has 0 aliphatic carbocycles. The summed E-state index contributed by atoms with van der Waals surface area (Å²) in [4.78, 5) is 16.6. The summed E-state index contributed by atoms with van der Waals surface area (Å²) >= 11 is 1.68. The van der Waals surface area contributed by atoms with Crippen molar-refractivity contribution < 1.29 is 8.78 Å². The van der Waals surface area contributed by atoms with Gasteiger partial charge >= 0.3 is 0 Å². The Morgan fingerprint density at radius 1 is 1.19 bits per heavy atom. The van der Waals surface area contributed by atoms with E-state index in [4.69, 9.17) is 4.98 Å². The molecule has 1 aromatic carbocycles. The Balaban J connectivity index is 1.42. The number of fused-ring (bicyclic) bond motifs is 1. The number of nitrogens with zero attached hydrogens (tertiary/aromatic N) is 6. The summed E-state index contributed by atoms with van der Waals surface area (Å²) in [5.41, 5.74) is 2.63. The summed E-state index contributed by atoms with van der Waals surface area (Å²) in [6, 6.07) is 7.74. The Morgan fingerprint density at radius 3 is 2.84 bits per heavy atom. The SMILES string of the molecule is CC(C(Cn1cncn1)c1ccc(F)cc1F)N1CCc2nc(-c3cccnc3)sc2C1. The number of halogens is 2. The summed E-state index contributed by atoms with van der Waals surface area (Å²) in [6.07, 6.45) is 7.50. The summed E-state index contributed by atoms with van der Waals surface area (Å²) in [6.45, 7) is 4.11. The second-order valence-corrected chi connectivity index (χ2v) is 9.07. The van der Waals surface area contributed by atoms with E-state index >= 15 is 0 Å². The van der Waals surface area contributed by atoms with Gasteiger partial charge in [-0.2, -0.15) is 5.10 Å². The summed E-state index contributed by atoms with van der Waals surface area (Å²) in [5, 5.41) is 5.18. The van der Waals surface area contributed by atoms with Crippen LogP contribution in [0.2, 0.25) is 0 Å². The predicted octanol–water partition coefficient (Wildman–Crippen LogP) is 4.31. The molecule has 0 radical (unpaired) electrons. The maximum Gasteiger partial charge on any atom is 0.137 e. The van der Waals surface area contributed by atoms with Crippen LogP contribution < -0.4 is 0 Å². The van der Waals surface area contributed by atoms with Gasteiger partial charge in [0.05, 0.1) is 12.2 Å². The van der Waals surface area contributed by atoms with Crippen LogP contribution in [0.5, 0.6) is 0 Å². The minimum absolute atomic E-state index is 0.00347. The molecule has 0 fully saturated rings. The quantitative estimate of drug-likeness (QED) is 0.436. The Bertz CT molecular complexity index is 1190. The van der Waals surface area contributed by atoms with E-state index in [-0.39, 0.29) is 12.0 Å². The molecule has 9 heteroatoms. The van der Waals surface area contributed by atoms with E-state index in [9.17, 15) is 8.78 Å². The molecule has 0 spiro atoms. The van der Waals surface area contributed by atoms with Crippen molar-refractivity contribution in [3.05, 3.63) is 83.1 Å². The fourth-order valence-corrected chi connectivity index (χ4v) is 5.40. The number of aromatic nitrogens is 5. The monoisotopic (exact) mass is 452 g/mol. The molecule has 32 heavy (non-hydrogen) atoms. The molecular weight excluding hydrogens is 430 g/mol. The summed E-state index contributed by atoms with van der Waals surface area (Å²) < 4.78 is 30.0. The summed E-state index contributed by atoms with van der Waals surface area (Å²) in [7, 11) is 0. The van der Waals surface area contributed by atoms with Crippen LogP contribution in [0, 0.1) is 11.6 Å². The van der Waals surface area contributed by atoms with E-state index < -0.39 is 11.6 Å². The fourth-order valence-electron chi connectivity index (χ4n) is 4.27. The molecular formula is C23H22F2N6S. The first-order valence-corrected chi connectivity index (χ1v) is 11.3. The molecule has 3 aromatic heterocycles. The first-order valence-electron chi connectivity index (χ1n) is 10.5. The van der Waals surface area contributed by atoms with Crippen LogP contribution in [0.3, 0.4) is 0 Å². The number of hydrogen-bond donors (Lipinski definition) is 0. The molecule has 2 atom stereocenters. The first kappa shape index (κ1) is 20.8. The zero-order valence-electron chi connectivity index (χ0n) is 17.5. The topological polar surface area (TPSA) is 59.7 Å². The Kier molecular flexibility index (Phi) is 5.75. The molecule has 0 bridgehead atoms. The van der Waals surface area contributed by atoms with Crippen molar-refractivity contribution in [2.45, 2.75) is 38.4 Å². The van der Waals surface area contributed by atoms with Gasteiger partial charge in [0.15, 0.2) is 0 Å². The Hall–Kier alpha value is -3.04. The van der Waals surface area contributed by atoms with Crippen LogP contribution in [0.1, 0.15) is 29.0 Å². The van der Waals surface area contributed by atoms with Gasteiger partial charge in [0.25, 0.3) is 0 Å². The van der Waals surface area contributed by atoms with Gasteiger partial charge in [-0.1, -0.05) is 6.07 Å². The van der Waals surface area contributed by atoms with Crippen LogP contribution in [0.4, 0.5) is 8.78 Å². The highest BCUT2D eigenvalue weighted by atomic mass is 32.1. The van der Waals surface area contributed by atoms with Gasteiger partial charge in [-0.05, 0) is 30.7 Å². The van der Waals surface area contributed by atoms with Crippen molar-refractivity contribution >= 4 is 11.3 Å². The highest BCUT2D eigenvalue weighted by Crippen LogP contribution is 2.35. The van der Waals surface area contributed by atoms with Gasteiger partial charge in [0.2, 0.25) is 0 Å². The Labute approximate surface area is 188 Å². The molecule has 164 valence electrons. The van der Waals surface area contributed by atoms with E-state index in [2.05, 4.69) is 26.9 Å². The lowest BCUT2D eigenvalue weighted by atomic mass is 9.90. The molecule has 0 amide bonds. The smallest absolute Gasteiger partial charge is 0.137 e. The average molecular weight is 453 g/mol. The molecule has 1 aliphatic heterocycles. The van der Waals surface area contributed by atoms with Gasteiger partial charge in [-0.15, -0.1) is 11.3 Å². The van der Waals surface area contributed by atoms with E-state index in [0.717, 1.165) is 41.8 Å². The van der Waals surface area contributed by atoms with Crippen molar-refractivity contribution in [1.82, 2.24) is 29.6 Å². The minimum atomic E-state index is -0.575. The second-order valence-electron chi connectivity index (χ2n) is 7.98. The zero-order chi connectivity index (χ0) is 22.1. The van der Waals surface area contributed by atoms with E-state index in [1.807, 2.05) is 18.3 Å². The minimum Gasteiger partial charge on any atom is -0.294 e. The second kappa shape index (κ2) is 8.84. The van der Waals surface area contributed by atoms with Gasteiger partial charge < -0.3 is 0 Å². The molecule has 4 aromatic rings. The highest BCUT2D eigenvalue weighted by Gasteiger charge is 2.31. The lowest BCUT2D eigenvalue weighted by molar-refractivity contribution is 0.157. The molecule has 2 unspecified atom stereocenters. The van der Waals surface area contributed by atoms with Crippen molar-refractivity contribution in [3.63, 3.8) is 0 Å². The van der Waals surface area contributed by atoms with Crippen molar-refractivity contribution in [1.29, 1.82) is 0 Å². The molecule has 4 heterocycles. The zero-order valence-corrected chi connectivity index (χ0v) is 18.3. The molecule has 0 saturated carbocycles. The molecule has 0 saturated heterocycles. The third kappa shape index (κ3) is 4.18. The molecule has 6 nitrogen and oxygen atoms in total. The van der Waals surface area contributed by atoms with Gasteiger partial charge in [-0.25, -0.2) is 18.7 Å². The summed E-state index contributed by atoms with van der Waals surface area (Å²) in [5.74, 6) is -1.32. The fraction of sp³-hybridized carbons (Fsp3) is 0.304. The van der Waals surface area contributed by atoms with Crippen LogP contribution in [-0.4, -0.2) is 42.2 Å². The number of rotatable bonds is 6. The number of benzene rings is 1. The van der Waals surface area contributed by atoms with Gasteiger partial charge in [0.1, 0.15) is 29.3 Å². The number of pyridine rings is 1. The Morgan fingerprint density at radius 2 is 2.09 bits per heavy atom. The number of thiazole rings is 1. The van der Waals surface area contributed by atoms with E-state index in [1.54, 1.807) is 34.6 Å². The van der Waals surface area contributed by atoms with Gasteiger partial charge in [0, 0.05) is 60.4 Å². The number of hydrogen-bond acceptors (Lipinski definition) is 6. The molecule has 0 N–H and O–H groups in total. The molecule has 1 aliphatic rings. The van der Waals surface area contributed by atoms with Crippen LogP contribution in [0.25, 0.3) is 10.6 Å². The first-order chi connectivity index (χ1) is 15.6. The van der Waals surface area contributed by atoms with Crippen molar-refractivity contribution in [2.75, 3.05) is 6.54 Å².